The molecule has 0 aliphatic carbocycles. The Morgan fingerprint density at radius 3 is 2.57 bits per heavy atom. The number of phenols is 1. The number of carbonyl (C=O) groups is 1. The first kappa shape index (κ1) is 16.6. The first-order valence-electron chi connectivity index (χ1n) is 6.87. The summed E-state index contributed by atoms with van der Waals surface area (Å²) in [6.45, 7) is 1.98. The predicted octanol–water partition coefficient (Wildman–Crippen LogP) is 3.66. The molecule has 0 spiro atoms. The topological polar surface area (TPSA) is 76.2 Å². The maximum atomic E-state index is 11.0. The minimum Gasteiger partial charge on any atom is -0.508 e. The third-order valence-electron chi connectivity index (χ3n) is 2.86. The molecule has 0 unspecified atom stereocenters. The first-order valence-corrected chi connectivity index (χ1v) is 7.81. The van der Waals surface area contributed by atoms with Gasteiger partial charge in [0.15, 0.2) is 5.89 Å². The van der Waals surface area contributed by atoms with Gasteiger partial charge in [-0.05, 0) is 24.6 Å². The SMILES string of the molecule is Cc1cscn1.O=CC(=CCc1ncco1)c1ccc(O)cc1. The Bertz CT molecular complexity index is 733. The summed E-state index contributed by atoms with van der Waals surface area (Å²) in [5.41, 5.74) is 4.24. The largest absolute Gasteiger partial charge is 0.508 e. The molecule has 23 heavy (non-hydrogen) atoms. The van der Waals surface area contributed by atoms with Gasteiger partial charge in [0, 0.05) is 23.1 Å². The van der Waals surface area contributed by atoms with Crippen molar-refractivity contribution in [1.82, 2.24) is 9.97 Å². The molecule has 2 aromatic heterocycles. The molecule has 0 radical (unpaired) electrons. The second kappa shape index (κ2) is 8.65. The number of oxazole rings is 1. The van der Waals surface area contributed by atoms with E-state index in [9.17, 15) is 4.79 Å². The molecule has 2 heterocycles. The maximum absolute atomic E-state index is 11.0. The number of aldehydes is 1. The van der Waals surface area contributed by atoms with E-state index in [2.05, 4.69) is 9.97 Å². The van der Waals surface area contributed by atoms with Gasteiger partial charge >= 0.3 is 0 Å². The molecule has 0 saturated heterocycles. The van der Waals surface area contributed by atoms with E-state index in [-0.39, 0.29) is 5.75 Å². The summed E-state index contributed by atoms with van der Waals surface area (Å²) in [7, 11) is 0. The minimum atomic E-state index is 0.173. The van der Waals surface area contributed by atoms with Crippen molar-refractivity contribution in [2.75, 3.05) is 0 Å². The van der Waals surface area contributed by atoms with Crippen LogP contribution in [0.1, 0.15) is 17.1 Å². The number of benzene rings is 1. The highest BCUT2D eigenvalue weighted by molar-refractivity contribution is 7.07. The van der Waals surface area contributed by atoms with Gasteiger partial charge in [0.2, 0.25) is 0 Å². The van der Waals surface area contributed by atoms with E-state index in [0.717, 1.165) is 17.5 Å². The van der Waals surface area contributed by atoms with E-state index in [1.54, 1.807) is 35.7 Å². The number of hydrogen-bond acceptors (Lipinski definition) is 6. The molecule has 0 aliphatic heterocycles. The summed E-state index contributed by atoms with van der Waals surface area (Å²) < 4.78 is 5.07. The van der Waals surface area contributed by atoms with Crippen LogP contribution >= 0.6 is 11.3 Å². The van der Waals surface area contributed by atoms with Crippen molar-refractivity contribution in [3.05, 3.63) is 70.8 Å². The second-order valence-corrected chi connectivity index (χ2v) is 5.30. The summed E-state index contributed by atoms with van der Waals surface area (Å²) in [5, 5.41) is 11.2. The fourth-order valence-corrected chi connectivity index (χ4v) is 2.26. The van der Waals surface area contributed by atoms with Crippen molar-refractivity contribution >= 4 is 23.2 Å². The lowest BCUT2D eigenvalue weighted by Gasteiger charge is -2.00. The minimum absolute atomic E-state index is 0.173. The third-order valence-corrected chi connectivity index (χ3v) is 3.57. The molecular formula is C17H16N2O3S. The van der Waals surface area contributed by atoms with Crippen molar-refractivity contribution < 1.29 is 14.3 Å². The number of thiazole rings is 1. The van der Waals surface area contributed by atoms with Crippen LogP contribution in [0.15, 0.2) is 58.1 Å². The second-order valence-electron chi connectivity index (χ2n) is 4.58. The summed E-state index contributed by atoms with van der Waals surface area (Å²) in [6.07, 6.45) is 6.02. The Morgan fingerprint density at radius 2 is 2.09 bits per heavy atom. The van der Waals surface area contributed by atoms with Crippen LogP contribution in [0.25, 0.3) is 5.57 Å². The Kier molecular flexibility index (Phi) is 6.26. The highest BCUT2D eigenvalue weighted by Gasteiger charge is 2.01. The van der Waals surface area contributed by atoms with Gasteiger partial charge in [0.1, 0.15) is 18.3 Å². The normalized spacial score (nSPS) is 10.7. The average Bonchev–Trinajstić information content (AvgIpc) is 3.24. The quantitative estimate of drug-likeness (QED) is 0.584. The van der Waals surface area contributed by atoms with Gasteiger partial charge in [-0.1, -0.05) is 18.2 Å². The third kappa shape index (κ3) is 5.52. The standard InChI is InChI=1S/C13H11NO3.C4H5NS/c15-9-11(3-6-13-14-7-8-17-13)10-1-4-12(16)5-2-10;1-4-2-6-3-5-4/h1-5,7-9,16H,6H2;2-3H,1H3. The number of phenolic OH excluding ortho intramolecular Hbond substituents is 1. The Morgan fingerprint density at radius 1 is 1.30 bits per heavy atom. The molecule has 3 aromatic rings. The predicted molar refractivity (Wildman–Crippen MR) is 89.2 cm³/mol. The molecule has 5 nitrogen and oxygen atoms in total. The molecule has 0 saturated carbocycles. The number of allylic oxidation sites excluding steroid dienone is 2. The van der Waals surface area contributed by atoms with Crippen LogP contribution in [0.3, 0.4) is 0 Å². The number of nitrogens with zero attached hydrogens (tertiary/aromatic N) is 2. The highest BCUT2D eigenvalue weighted by Crippen LogP contribution is 2.17. The molecule has 0 atom stereocenters. The van der Waals surface area contributed by atoms with E-state index in [4.69, 9.17) is 9.52 Å². The summed E-state index contributed by atoms with van der Waals surface area (Å²) >= 11 is 1.63. The lowest BCUT2D eigenvalue weighted by Crippen LogP contribution is -1.88. The molecule has 0 fully saturated rings. The molecule has 0 aliphatic rings. The summed E-state index contributed by atoms with van der Waals surface area (Å²) in [4.78, 5) is 18.9. The van der Waals surface area contributed by atoms with Crippen molar-refractivity contribution in [2.24, 2.45) is 0 Å². The maximum Gasteiger partial charge on any atom is 0.197 e. The van der Waals surface area contributed by atoms with Crippen LogP contribution in [0.2, 0.25) is 0 Å². The van der Waals surface area contributed by atoms with Crippen LogP contribution in [0, 0.1) is 6.92 Å². The van der Waals surface area contributed by atoms with Crippen LogP contribution in [0.5, 0.6) is 5.75 Å². The molecule has 6 heteroatoms. The van der Waals surface area contributed by atoms with Crippen molar-refractivity contribution in [1.29, 1.82) is 0 Å². The van der Waals surface area contributed by atoms with E-state index in [1.807, 2.05) is 17.8 Å². The lowest BCUT2D eigenvalue weighted by atomic mass is 10.1. The van der Waals surface area contributed by atoms with Gasteiger partial charge in [0.25, 0.3) is 0 Å². The Balaban J connectivity index is 0.000000268. The van der Waals surface area contributed by atoms with Crippen LogP contribution in [-0.2, 0) is 11.2 Å². The van der Waals surface area contributed by atoms with Gasteiger partial charge < -0.3 is 9.52 Å². The van der Waals surface area contributed by atoms with E-state index < -0.39 is 0 Å². The molecule has 3 rings (SSSR count). The fraction of sp³-hybridized carbons (Fsp3) is 0.118. The van der Waals surface area contributed by atoms with Gasteiger partial charge in [-0.2, -0.15) is 0 Å². The molecule has 1 N–H and O–H groups in total. The molecule has 0 bridgehead atoms. The number of aryl methyl sites for hydroxylation is 1. The van der Waals surface area contributed by atoms with Gasteiger partial charge in [-0.15, -0.1) is 11.3 Å². The number of hydrogen-bond donors (Lipinski definition) is 1. The smallest absolute Gasteiger partial charge is 0.197 e. The van der Waals surface area contributed by atoms with Gasteiger partial charge in [0.05, 0.1) is 11.7 Å². The zero-order valence-electron chi connectivity index (χ0n) is 12.5. The van der Waals surface area contributed by atoms with Crippen molar-refractivity contribution in [3.63, 3.8) is 0 Å². The molecular weight excluding hydrogens is 312 g/mol. The number of aromatic nitrogens is 2. The lowest BCUT2D eigenvalue weighted by molar-refractivity contribution is -0.103. The average molecular weight is 328 g/mol. The zero-order valence-corrected chi connectivity index (χ0v) is 13.4. The Hall–Kier alpha value is -2.73. The van der Waals surface area contributed by atoms with Crippen LogP contribution in [-0.4, -0.2) is 21.4 Å². The fourth-order valence-electron chi connectivity index (χ4n) is 1.71. The molecule has 118 valence electrons. The van der Waals surface area contributed by atoms with E-state index >= 15 is 0 Å². The monoisotopic (exact) mass is 328 g/mol. The van der Waals surface area contributed by atoms with Crippen LogP contribution < -0.4 is 0 Å². The van der Waals surface area contributed by atoms with E-state index in [0.29, 0.717) is 17.9 Å². The number of rotatable bonds is 4. The number of aromatic hydroxyl groups is 1. The Labute approximate surface area is 138 Å². The van der Waals surface area contributed by atoms with Crippen molar-refractivity contribution in [2.45, 2.75) is 13.3 Å². The molecule has 1 aromatic carbocycles. The summed E-state index contributed by atoms with van der Waals surface area (Å²) in [6, 6.07) is 6.45. The molecule has 0 amide bonds. The van der Waals surface area contributed by atoms with Crippen molar-refractivity contribution in [3.8, 4) is 5.75 Å². The number of carbonyl (C=O) groups excluding carboxylic acids is 1. The van der Waals surface area contributed by atoms with Crippen LogP contribution in [0.4, 0.5) is 0 Å². The van der Waals surface area contributed by atoms with E-state index in [1.165, 1.54) is 18.4 Å². The van der Waals surface area contributed by atoms with Gasteiger partial charge in [-0.3, -0.25) is 9.78 Å². The summed E-state index contributed by atoms with van der Waals surface area (Å²) in [5.74, 6) is 0.731. The zero-order chi connectivity index (χ0) is 16.5. The highest BCUT2D eigenvalue weighted by atomic mass is 32.1. The first-order chi connectivity index (χ1) is 11.2. The van der Waals surface area contributed by atoms with Gasteiger partial charge in [-0.25, -0.2) is 4.98 Å².